The molecule has 5 rings (SSSR count). The third-order valence-electron chi connectivity index (χ3n) is 6.46. The van der Waals surface area contributed by atoms with E-state index >= 15 is 0 Å². The summed E-state index contributed by atoms with van der Waals surface area (Å²) < 4.78 is 11.3. The molecule has 0 saturated carbocycles. The summed E-state index contributed by atoms with van der Waals surface area (Å²) in [5, 5.41) is 12.2. The van der Waals surface area contributed by atoms with E-state index in [9.17, 15) is 4.79 Å². The molecule has 2 aromatic rings. The highest BCUT2D eigenvalue weighted by Gasteiger charge is 2.51. The molecule has 2 saturated heterocycles. The SMILES string of the molecule is N#Cc1ccc(N2CCC(C(=O)NC3(c4ccco4)N=CSC3N3CCOCC3)CC2)nc1. The number of nitriles is 1. The molecule has 0 bridgehead atoms. The summed E-state index contributed by atoms with van der Waals surface area (Å²) in [6, 6.07) is 9.45. The zero-order valence-electron chi connectivity index (χ0n) is 18.2. The first-order valence-electron chi connectivity index (χ1n) is 11.2. The van der Waals surface area contributed by atoms with Crippen molar-refractivity contribution in [3.8, 4) is 6.07 Å². The van der Waals surface area contributed by atoms with Crippen molar-refractivity contribution in [3.05, 3.63) is 48.0 Å². The third kappa shape index (κ3) is 4.36. The van der Waals surface area contributed by atoms with Crippen LogP contribution in [0.4, 0.5) is 5.82 Å². The molecular formula is C23H26N6O3S. The Morgan fingerprint density at radius 2 is 2.03 bits per heavy atom. The molecule has 0 aliphatic carbocycles. The molecule has 33 heavy (non-hydrogen) atoms. The quantitative estimate of drug-likeness (QED) is 0.715. The van der Waals surface area contributed by atoms with E-state index in [2.05, 4.69) is 26.2 Å². The molecule has 172 valence electrons. The van der Waals surface area contributed by atoms with E-state index in [0.717, 1.165) is 44.8 Å². The Kier molecular flexibility index (Phi) is 6.35. The van der Waals surface area contributed by atoms with Crippen LogP contribution in [0.25, 0.3) is 0 Å². The number of carbonyl (C=O) groups is 1. The van der Waals surface area contributed by atoms with Crippen molar-refractivity contribution in [2.45, 2.75) is 23.9 Å². The molecular weight excluding hydrogens is 440 g/mol. The summed E-state index contributed by atoms with van der Waals surface area (Å²) in [7, 11) is 0. The molecule has 2 fully saturated rings. The minimum Gasteiger partial charge on any atom is -0.465 e. The van der Waals surface area contributed by atoms with Crippen LogP contribution in [-0.4, -0.2) is 66.1 Å². The van der Waals surface area contributed by atoms with Gasteiger partial charge in [-0.3, -0.25) is 9.69 Å². The highest BCUT2D eigenvalue weighted by atomic mass is 32.2. The smallest absolute Gasteiger partial charge is 0.225 e. The monoisotopic (exact) mass is 466 g/mol. The van der Waals surface area contributed by atoms with Crippen molar-refractivity contribution in [1.82, 2.24) is 15.2 Å². The molecule has 0 aromatic carbocycles. The van der Waals surface area contributed by atoms with Crippen LogP contribution in [0.2, 0.25) is 0 Å². The molecule has 2 unspecified atom stereocenters. The van der Waals surface area contributed by atoms with Crippen LogP contribution in [-0.2, 0) is 15.2 Å². The predicted octanol–water partition coefficient (Wildman–Crippen LogP) is 2.17. The summed E-state index contributed by atoms with van der Waals surface area (Å²) in [5.74, 6) is 1.37. The lowest BCUT2D eigenvalue weighted by Gasteiger charge is -2.41. The normalized spacial score (nSPS) is 26.3. The van der Waals surface area contributed by atoms with Crippen LogP contribution in [0, 0.1) is 17.2 Å². The van der Waals surface area contributed by atoms with Gasteiger partial charge in [0.05, 0.1) is 30.6 Å². The van der Waals surface area contributed by atoms with Crippen LogP contribution < -0.4 is 10.2 Å². The van der Waals surface area contributed by atoms with Crippen LogP contribution in [0.1, 0.15) is 24.2 Å². The summed E-state index contributed by atoms with van der Waals surface area (Å²) in [6.07, 6.45) is 4.66. The molecule has 9 nitrogen and oxygen atoms in total. The van der Waals surface area contributed by atoms with E-state index in [1.165, 1.54) is 0 Å². The maximum atomic E-state index is 13.5. The lowest BCUT2D eigenvalue weighted by atomic mass is 9.94. The maximum Gasteiger partial charge on any atom is 0.225 e. The number of hydrogen-bond donors (Lipinski definition) is 1. The van der Waals surface area contributed by atoms with E-state index in [0.29, 0.717) is 24.5 Å². The van der Waals surface area contributed by atoms with Gasteiger partial charge in [0.2, 0.25) is 11.6 Å². The van der Waals surface area contributed by atoms with Crippen LogP contribution in [0.3, 0.4) is 0 Å². The number of piperidine rings is 1. The van der Waals surface area contributed by atoms with Crippen molar-refractivity contribution in [2.75, 3.05) is 44.3 Å². The Labute approximate surface area is 196 Å². The fourth-order valence-electron chi connectivity index (χ4n) is 4.63. The minimum absolute atomic E-state index is 0.00301. The zero-order valence-corrected chi connectivity index (χ0v) is 19.0. The first-order chi connectivity index (χ1) is 16.2. The number of nitrogens with zero attached hydrogens (tertiary/aromatic N) is 5. The molecule has 5 heterocycles. The van der Waals surface area contributed by atoms with Crippen molar-refractivity contribution >= 4 is 29.0 Å². The summed E-state index contributed by atoms with van der Waals surface area (Å²) in [5.41, 5.74) is 1.41. The van der Waals surface area contributed by atoms with Gasteiger partial charge < -0.3 is 19.4 Å². The van der Waals surface area contributed by atoms with Gasteiger partial charge >= 0.3 is 0 Å². The van der Waals surface area contributed by atoms with E-state index < -0.39 is 5.66 Å². The Morgan fingerprint density at radius 1 is 1.21 bits per heavy atom. The zero-order chi connectivity index (χ0) is 22.7. The number of thioether (sulfide) groups is 1. The number of aromatic nitrogens is 1. The number of morpholine rings is 1. The largest absolute Gasteiger partial charge is 0.465 e. The second-order valence-corrected chi connectivity index (χ2v) is 9.31. The average molecular weight is 467 g/mol. The number of nitrogens with one attached hydrogen (secondary N) is 1. The Bertz CT molecular complexity index is 1020. The number of anilines is 1. The van der Waals surface area contributed by atoms with Crippen LogP contribution >= 0.6 is 11.8 Å². The van der Waals surface area contributed by atoms with Gasteiger partial charge in [-0.2, -0.15) is 5.26 Å². The van der Waals surface area contributed by atoms with Crippen molar-refractivity contribution < 1.29 is 13.9 Å². The number of hydrogen-bond acceptors (Lipinski definition) is 9. The molecule has 0 radical (unpaired) electrons. The lowest BCUT2D eigenvalue weighted by Crippen LogP contribution is -2.59. The van der Waals surface area contributed by atoms with Gasteiger partial charge in [-0.05, 0) is 37.1 Å². The number of furan rings is 1. The molecule has 2 aromatic heterocycles. The van der Waals surface area contributed by atoms with Gasteiger partial charge in [-0.15, -0.1) is 0 Å². The second kappa shape index (κ2) is 9.55. The summed E-state index contributed by atoms with van der Waals surface area (Å²) >= 11 is 1.61. The average Bonchev–Trinajstić information content (AvgIpc) is 3.56. The van der Waals surface area contributed by atoms with Crippen LogP contribution in [0.15, 0.2) is 46.1 Å². The lowest BCUT2D eigenvalue weighted by molar-refractivity contribution is -0.128. The van der Waals surface area contributed by atoms with Crippen molar-refractivity contribution in [2.24, 2.45) is 10.9 Å². The first kappa shape index (κ1) is 21.9. The summed E-state index contributed by atoms with van der Waals surface area (Å²) in [4.78, 5) is 27.1. The van der Waals surface area contributed by atoms with E-state index in [1.807, 2.05) is 23.7 Å². The molecule has 3 aliphatic heterocycles. The fraction of sp³-hybridized carbons (Fsp3) is 0.478. The standard InChI is InChI=1S/C23H26N6O3S/c24-14-17-3-4-20(25-15-17)28-7-5-18(6-8-28)21(30)27-23(19-2-1-11-32-19)22(33-16-26-23)29-9-12-31-13-10-29/h1-4,11,15-16,18,22H,5-10,12-13H2,(H,27,30). The number of carbonyl (C=O) groups excluding carboxylic acids is 1. The molecule has 3 aliphatic rings. The summed E-state index contributed by atoms with van der Waals surface area (Å²) in [6.45, 7) is 4.37. The second-order valence-electron chi connectivity index (χ2n) is 8.38. The van der Waals surface area contributed by atoms with Crippen molar-refractivity contribution in [1.29, 1.82) is 5.26 Å². The number of rotatable bonds is 5. The number of aliphatic imine (C=N–C) groups is 1. The van der Waals surface area contributed by atoms with Gasteiger partial charge in [0.25, 0.3) is 0 Å². The van der Waals surface area contributed by atoms with Gasteiger partial charge in [0.15, 0.2) is 5.76 Å². The van der Waals surface area contributed by atoms with Crippen molar-refractivity contribution in [3.63, 3.8) is 0 Å². The topological polar surface area (TPSA) is 107 Å². The van der Waals surface area contributed by atoms with Gasteiger partial charge in [0.1, 0.15) is 17.3 Å². The predicted molar refractivity (Wildman–Crippen MR) is 125 cm³/mol. The fourth-order valence-corrected chi connectivity index (χ4v) is 5.79. The molecule has 0 spiro atoms. The number of amides is 1. The highest BCUT2D eigenvalue weighted by Crippen LogP contribution is 2.41. The third-order valence-corrected chi connectivity index (χ3v) is 7.58. The molecule has 1 N–H and O–H groups in total. The Hall–Kier alpha value is -2.87. The van der Waals surface area contributed by atoms with E-state index in [1.54, 1.807) is 30.3 Å². The Morgan fingerprint density at radius 3 is 2.70 bits per heavy atom. The van der Waals surface area contributed by atoms with Gasteiger partial charge in [-0.25, -0.2) is 9.98 Å². The Balaban J connectivity index is 1.29. The molecule has 10 heteroatoms. The highest BCUT2D eigenvalue weighted by molar-refractivity contribution is 8.12. The van der Waals surface area contributed by atoms with E-state index in [4.69, 9.17) is 19.4 Å². The van der Waals surface area contributed by atoms with Gasteiger partial charge in [-0.1, -0.05) is 11.8 Å². The minimum atomic E-state index is -0.950. The molecule has 1 amide bonds. The van der Waals surface area contributed by atoms with Crippen LogP contribution in [0.5, 0.6) is 0 Å². The molecule has 2 atom stereocenters. The number of pyridine rings is 1. The first-order valence-corrected chi connectivity index (χ1v) is 12.1. The van der Waals surface area contributed by atoms with Gasteiger partial charge in [0, 0.05) is 38.3 Å². The maximum absolute atomic E-state index is 13.5. The van der Waals surface area contributed by atoms with E-state index in [-0.39, 0.29) is 17.2 Å². The number of ether oxygens (including phenoxy) is 1.